The number of carbonyl (C=O) groups is 1. The van der Waals surface area contributed by atoms with Crippen LogP contribution in [-0.4, -0.2) is 5.91 Å². The Morgan fingerprint density at radius 2 is 2.35 bits per heavy atom. The molecular formula is C13H13ClFNO. The van der Waals surface area contributed by atoms with Crippen molar-refractivity contribution in [3.8, 4) is 0 Å². The molecule has 0 saturated carbocycles. The molecule has 0 bridgehead atoms. The highest BCUT2D eigenvalue weighted by atomic mass is 35.5. The van der Waals surface area contributed by atoms with Gasteiger partial charge < -0.3 is 5.32 Å². The molecule has 0 aliphatic heterocycles. The maximum Gasteiger partial charge on any atom is 0.225 e. The summed E-state index contributed by atoms with van der Waals surface area (Å²) in [5.41, 5.74) is 0.458. The molecule has 1 aromatic rings. The van der Waals surface area contributed by atoms with Crippen molar-refractivity contribution >= 4 is 23.2 Å². The molecule has 0 heterocycles. The molecule has 0 saturated heterocycles. The molecule has 1 aliphatic rings. The third-order valence-electron chi connectivity index (χ3n) is 2.77. The number of anilines is 1. The summed E-state index contributed by atoms with van der Waals surface area (Å²) in [6.07, 6.45) is 6.65. The molecule has 0 radical (unpaired) electrons. The van der Waals surface area contributed by atoms with Gasteiger partial charge in [0.2, 0.25) is 5.91 Å². The fraction of sp³-hybridized carbons (Fsp3) is 0.308. The fourth-order valence-corrected chi connectivity index (χ4v) is 2.11. The summed E-state index contributed by atoms with van der Waals surface area (Å²) >= 11 is 5.82. The highest BCUT2D eigenvalue weighted by molar-refractivity contribution is 6.33. The second kappa shape index (κ2) is 5.32. The lowest BCUT2D eigenvalue weighted by atomic mass is 10.1. The van der Waals surface area contributed by atoms with E-state index in [1.807, 2.05) is 0 Å². The number of hydrogen-bond acceptors (Lipinski definition) is 1. The van der Waals surface area contributed by atoms with Crippen molar-refractivity contribution in [2.75, 3.05) is 5.32 Å². The molecule has 90 valence electrons. The van der Waals surface area contributed by atoms with Crippen molar-refractivity contribution in [2.24, 2.45) is 5.92 Å². The van der Waals surface area contributed by atoms with Crippen LogP contribution in [0.3, 0.4) is 0 Å². The van der Waals surface area contributed by atoms with Crippen molar-refractivity contribution < 1.29 is 9.18 Å². The first-order valence-corrected chi connectivity index (χ1v) is 5.94. The number of benzene rings is 1. The second-order valence-electron chi connectivity index (χ2n) is 4.14. The Labute approximate surface area is 104 Å². The maximum absolute atomic E-state index is 12.8. The van der Waals surface area contributed by atoms with Gasteiger partial charge in [0.15, 0.2) is 0 Å². The van der Waals surface area contributed by atoms with Crippen LogP contribution >= 0.6 is 11.6 Å². The Morgan fingerprint density at radius 1 is 1.53 bits per heavy atom. The zero-order chi connectivity index (χ0) is 12.3. The summed E-state index contributed by atoms with van der Waals surface area (Å²) in [4.78, 5) is 11.7. The van der Waals surface area contributed by atoms with Crippen molar-refractivity contribution in [2.45, 2.75) is 19.3 Å². The first kappa shape index (κ1) is 12.1. The Bertz CT molecular complexity index is 459. The molecule has 1 aromatic carbocycles. The number of nitrogens with one attached hydrogen (secondary N) is 1. The predicted molar refractivity (Wildman–Crippen MR) is 66.5 cm³/mol. The number of halogens is 2. The summed E-state index contributed by atoms with van der Waals surface area (Å²) in [6.45, 7) is 0. The van der Waals surface area contributed by atoms with Crippen molar-refractivity contribution in [3.63, 3.8) is 0 Å². The molecule has 1 amide bonds. The quantitative estimate of drug-likeness (QED) is 0.817. The zero-order valence-corrected chi connectivity index (χ0v) is 10.0. The van der Waals surface area contributed by atoms with E-state index in [1.54, 1.807) is 0 Å². The van der Waals surface area contributed by atoms with Gasteiger partial charge in [-0.15, -0.1) is 0 Å². The van der Waals surface area contributed by atoms with E-state index in [1.165, 1.54) is 18.2 Å². The Hall–Kier alpha value is -1.35. The van der Waals surface area contributed by atoms with Gasteiger partial charge in [0.05, 0.1) is 10.7 Å². The average molecular weight is 254 g/mol. The van der Waals surface area contributed by atoms with Gasteiger partial charge in [-0.25, -0.2) is 4.39 Å². The number of rotatable bonds is 3. The van der Waals surface area contributed by atoms with Crippen LogP contribution in [-0.2, 0) is 4.79 Å². The van der Waals surface area contributed by atoms with Gasteiger partial charge >= 0.3 is 0 Å². The first-order valence-electron chi connectivity index (χ1n) is 5.57. The van der Waals surface area contributed by atoms with Crippen LogP contribution < -0.4 is 5.32 Å². The highest BCUT2D eigenvalue weighted by Gasteiger charge is 2.14. The van der Waals surface area contributed by atoms with E-state index in [4.69, 9.17) is 11.6 Å². The molecule has 1 unspecified atom stereocenters. The lowest BCUT2D eigenvalue weighted by Gasteiger charge is -2.09. The van der Waals surface area contributed by atoms with E-state index >= 15 is 0 Å². The summed E-state index contributed by atoms with van der Waals surface area (Å²) < 4.78 is 12.8. The molecule has 17 heavy (non-hydrogen) atoms. The van der Waals surface area contributed by atoms with Gasteiger partial charge in [-0.05, 0) is 37.0 Å². The molecule has 0 fully saturated rings. The van der Waals surface area contributed by atoms with Gasteiger partial charge in [-0.2, -0.15) is 0 Å². The Morgan fingerprint density at radius 3 is 3.00 bits per heavy atom. The normalized spacial score (nSPS) is 18.4. The minimum Gasteiger partial charge on any atom is -0.325 e. The molecule has 1 atom stereocenters. The lowest BCUT2D eigenvalue weighted by Crippen LogP contribution is -2.15. The topological polar surface area (TPSA) is 29.1 Å². The van der Waals surface area contributed by atoms with Gasteiger partial charge in [0.1, 0.15) is 5.82 Å². The van der Waals surface area contributed by atoms with Crippen LogP contribution in [0.4, 0.5) is 10.1 Å². The Kier molecular flexibility index (Phi) is 3.79. The summed E-state index contributed by atoms with van der Waals surface area (Å²) in [7, 11) is 0. The van der Waals surface area contributed by atoms with Crippen LogP contribution in [0.25, 0.3) is 0 Å². The molecule has 2 rings (SSSR count). The van der Waals surface area contributed by atoms with Crippen LogP contribution in [0.2, 0.25) is 5.02 Å². The number of amides is 1. The molecule has 0 spiro atoms. The van der Waals surface area contributed by atoms with Crippen molar-refractivity contribution in [1.29, 1.82) is 0 Å². The number of carbonyl (C=O) groups excluding carboxylic acids is 1. The SMILES string of the molecule is O=C(CC1C=CCC1)Nc1ccc(F)cc1Cl. The van der Waals surface area contributed by atoms with Crippen LogP contribution in [0.15, 0.2) is 30.4 Å². The van der Waals surface area contributed by atoms with E-state index in [9.17, 15) is 9.18 Å². The van der Waals surface area contributed by atoms with Gasteiger partial charge in [0, 0.05) is 6.42 Å². The Balaban J connectivity index is 1.95. The van der Waals surface area contributed by atoms with E-state index in [0.29, 0.717) is 18.0 Å². The maximum atomic E-state index is 12.8. The second-order valence-corrected chi connectivity index (χ2v) is 4.55. The molecule has 4 heteroatoms. The van der Waals surface area contributed by atoms with Gasteiger partial charge in [0.25, 0.3) is 0 Å². The average Bonchev–Trinajstić information content (AvgIpc) is 2.75. The van der Waals surface area contributed by atoms with Crippen molar-refractivity contribution in [3.05, 3.63) is 41.2 Å². The molecule has 2 nitrogen and oxygen atoms in total. The lowest BCUT2D eigenvalue weighted by molar-refractivity contribution is -0.116. The van der Waals surface area contributed by atoms with E-state index in [0.717, 1.165) is 12.8 Å². The summed E-state index contributed by atoms with van der Waals surface area (Å²) in [5, 5.41) is 2.92. The molecule has 1 aliphatic carbocycles. The van der Waals surface area contributed by atoms with E-state index < -0.39 is 5.82 Å². The predicted octanol–water partition coefficient (Wildman–Crippen LogP) is 3.77. The standard InChI is InChI=1S/C13H13ClFNO/c14-11-8-10(15)5-6-12(11)16-13(17)7-9-3-1-2-4-9/h1,3,5-6,8-9H,2,4,7H2,(H,16,17). The third kappa shape index (κ3) is 3.30. The van der Waals surface area contributed by atoms with Crippen LogP contribution in [0, 0.1) is 11.7 Å². The minimum absolute atomic E-state index is 0.0879. The smallest absolute Gasteiger partial charge is 0.225 e. The van der Waals surface area contributed by atoms with Gasteiger partial charge in [-0.1, -0.05) is 23.8 Å². The van der Waals surface area contributed by atoms with E-state index in [-0.39, 0.29) is 10.9 Å². The summed E-state index contributed by atoms with van der Waals surface area (Å²) in [5.74, 6) is -0.184. The largest absolute Gasteiger partial charge is 0.325 e. The molecule has 0 aromatic heterocycles. The number of allylic oxidation sites excluding steroid dienone is 2. The third-order valence-corrected chi connectivity index (χ3v) is 3.08. The van der Waals surface area contributed by atoms with E-state index in [2.05, 4.69) is 17.5 Å². The minimum atomic E-state index is -0.410. The zero-order valence-electron chi connectivity index (χ0n) is 9.25. The van der Waals surface area contributed by atoms with Gasteiger partial charge in [-0.3, -0.25) is 4.79 Å². The summed E-state index contributed by atoms with van der Waals surface area (Å²) in [6, 6.07) is 3.93. The number of hydrogen-bond donors (Lipinski definition) is 1. The fourth-order valence-electron chi connectivity index (χ4n) is 1.90. The monoisotopic (exact) mass is 253 g/mol. The highest BCUT2D eigenvalue weighted by Crippen LogP contribution is 2.24. The molecule has 1 N–H and O–H groups in total. The first-order chi connectivity index (χ1) is 8.15. The van der Waals surface area contributed by atoms with Crippen LogP contribution in [0.5, 0.6) is 0 Å². The van der Waals surface area contributed by atoms with Crippen molar-refractivity contribution in [1.82, 2.24) is 0 Å². The van der Waals surface area contributed by atoms with Crippen LogP contribution in [0.1, 0.15) is 19.3 Å². The molecular weight excluding hydrogens is 241 g/mol.